The Hall–Kier alpha value is -3.48. The van der Waals surface area contributed by atoms with Crippen LogP contribution < -0.4 is 11.1 Å². The van der Waals surface area contributed by atoms with Gasteiger partial charge in [0.05, 0.1) is 17.9 Å². The summed E-state index contributed by atoms with van der Waals surface area (Å²) in [6.45, 7) is 2.60. The number of carbonyl (C=O) groups excluding carboxylic acids is 2. The van der Waals surface area contributed by atoms with Crippen LogP contribution in [0.5, 0.6) is 0 Å². The van der Waals surface area contributed by atoms with Gasteiger partial charge in [0.1, 0.15) is 0 Å². The number of nitrogens with one attached hydrogen (secondary N) is 1. The van der Waals surface area contributed by atoms with E-state index in [1.54, 1.807) is 18.3 Å². The van der Waals surface area contributed by atoms with Crippen LogP contribution >= 0.6 is 0 Å². The van der Waals surface area contributed by atoms with E-state index in [4.69, 9.17) is 5.73 Å². The number of primary amides is 1. The normalized spacial score (nSPS) is 18.3. The predicted octanol–water partition coefficient (Wildman–Crippen LogP) is 3.19. The van der Waals surface area contributed by atoms with Gasteiger partial charge in [0.15, 0.2) is 0 Å². The molecule has 3 aromatic rings. The van der Waals surface area contributed by atoms with E-state index >= 15 is 0 Å². The van der Waals surface area contributed by atoms with Crippen molar-refractivity contribution in [2.75, 3.05) is 6.54 Å². The maximum absolute atomic E-state index is 12.2. The Kier molecular flexibility index (Phi) is 5.61. The lowest BCUT2D eigenvalue weighted by Gasteiger charge is -2.14. The second-order valence-electron chi connectivity index (χ2n) is 7.64. The van der Waals surface area contributed by atoms with Crippen molar-refractivity contribution in [3.05, 3.63) is 60.3 Å². The summed E-state index contributed by atoms with van der Waals surface area (Å²) in [5.74, 6) is -0.259. The topological polar surface area (TPSA) is 103 Å². The third kappa shape index (κ3) is 3.96. The summed E-state index contributed by atoms with van der Waals surface area (Å²) in [6.07, 6.45) is 4.35. The Balaban J connectivity index is 1.52. The van der Waals surface area contributed by atoms with Crippen LogP contribution in [-0.4, -0.2) is 33.4 Å². The molecule has 0 radical (unpaired) electrons. The van der Waals surface area contributed by atoms with Gasteiger partial charge < -0.3 is 11.1 Å². The third-order valence-corrected chi connectivity index (χ3v) is 5.73. The standard InChI is InChI=1S/C23H25N5O2/c1-2-25-23(30)19-11-12-20(13-19)28-21(14-26-27-28)17-7-3-15(4-8-17)16-5-9-18(10-6-16)22(24)29/h3-10,14,19-20H,2,11-13H2,1H3,(H2,24,29)(H,25,30). The van der Waals surface area contributed by atoms with Crippen LogP contribution in [0, 0.1) is 5.92 Å². The Morgan fingerprint density at radius 2 is 1.67 bits per heavy atom. The number of nitrogens with two attached hydrogens (primary N) is 1. The molecule has 0 aliphatic heterocycles. The largest absolute Gasteiger partial charge is 0.366 e. The van der Waals surface area contributed by atoms with Crippen LogP contribution in [-0.2, 0) is 4.79 Å². The molecule has 2 unspecified atom stereocenters. The summed E-state index contributed by atoms with van der Waals surface area (Å²) in [4.78, 5) is 23.4. The number of carbonyl (C=O) groups is 2. The average molecular weight is 403 g/mol. The van der Waals surface area contributed by atoms with Gasteiger partial charge in [-0.1, -0.05) is 41.6 Å². The first-order valence-electron chi connectivity index (χ1n) is 10.3. The molecule has 2 aromatic carbocycles. The zero-order valence-corrected chi connectivity index (χ0v) is 16.9. The number of aromatic nitrogens is 3. The molecule has 7 nitrogen and oxygen atoms in total. The van der Waals surface area contributed by atoms with Crippen molar-refractivity contribution in [1.82, 2.24) is 20.3 Å². The van der Waals surface area contributed by atoms with Crippen molar-refractivity contribution in [2.45, 2.75) is 32.2 Å². The SMILES string of the molecule is CCNC(=O)C1CCC(n2nncc2-c2ccc(-c3ccc(C(N)=O)cc3)cc2)C1. The summed E-state index contributed by atoms with van der Waals surface area (Å²) in [7, 11) is 0. The van der Waals surface area contributed by atoms with E-state index in [0.29, 0.717) is 12.1 Å². The monoisotopic (exact) mass is 403 g/mol. The number of benzene rings is 2. The van der Waals surface area contributed by atoms with Crippen molar-refractivity contribution in [3.8, 4) is 22.4 Å². The maximum atomic E-state index is 12.2. The first-order chi connectivity index (χ1) is 14.6. The highest BCUT2D eigenvalue weighted by molar-refractivity contribution is 5.93. The van der Waals surface area contributed by atoms with Crippen molar-refractivity contribution in [2.24, 2.45) is 11.7 Å². The summed E-state index contributed by atoms with van der Waals surface area (Å²) in [5, 5.41) is 11.4. The number of amides is 2. The maximum Gasteiger partial charge on any atom is 0.248 e. The van der Waals surface area contributed by atoms with Crippen LogP contribution in [0.15, 0.2) is 54.7 Å². The molecule has 1 aromatic heterocycles. The van der Waals surface area contributed by atoms with Crippen molar-refractivity contribution in [1.29, 1.82) is 0 Å². The molecule has 0 saturated heterocycles. The van der Waals surface area contributed by atoms with E-state index in [0.717, 1.165) is 41.6 Å². The lowest BCUT2D eigenvalue weighted by atomic mass is 10.0. The Labute approximate surface area is 175 Å². The summed E-state index contributed by atoms with van der Waals surface area (Å²) >= 11 is 0. The Morgan fingerprint density at radius 3 is 2.30 bits per heavy atom. The molecule has 1 heterocycles. The van der Waals surface area contributed by atoms with Crippen LogP contribution in [0.25, 0.3) is 22.4 Å². The fourth-order valence-corrected chi connectivity index (χ4v) is 4.12. The van der Waals surface area contributed by atoms with Crippen LogP contribution in [0.1, 0.15) is 42.6 Å². The highest BCUT2D eigenvalue weighted by Gasteiger charge is 2.32. The second kappa shape index (κ2) is 8.49. The first kappa shape index (κ1) is 19.8. The molecular weight excluding hydrogens is 378 g/mol. The molecule has 1 fully saturated rings. The lowest BCUT2D eigenvalue weighted by Crippen LogP contribution is -2.29. The van der Waals surface area contributed by atoms with Gasteiger partial charge in [-0.3, -0.25) is 9.59 Å². The van der Waals surface area contributed by atoms with E-state index in [1.807, 2.05) is 48.0 Å². The molecule has 2 atom stereocenters. The molecule has 0 spiro atoms. The van der Waals surface area contributed by atoms with Crippen LogP contribution in [0.2, 0.25) is 0 Å². The molecule has 2 amide bonds. The smallest absolute Gasteiger partial charge is 0.248 e. The highest BCUT2D eigenvalue weighted by Crippen LogP contribution is 2.37. The average Bonchev–Trinajstić information content (AvgIpc) is 3.44. The van der Waals surface area contributed by atoms with Gasteiger partial charge in [0.25, 0.3) is 0 Å². The quantitative estimate of drug-likeness (QED) is 0.660. The van der Waals surface area contributed by atoms with Gasteiger partial charge in [-0.15, -0.1) is 5.10 Å². The van der Waals surface area contributed by atoms with Gasteiger partial charge >= 0.3 is 0 Å². The van der Waals surface area contributed by atoms with E-state index < -0.39 is 5.91 Å². The molecule has 7 heteroatoms. The van der Waals surface area contributed by atoms with Gasteiger partial charge in [0, 0.05) is 23.6 Å². The molecule has 30 heavy (non-hydrogen) atoms. The number of nitrogens with zero attached hydrogens (tertiary/aromatic N) is 3. The minimum Gasteiger partial charge on any atom is -0.366 e. The predicted molar refractivity (Wildman–Crippen MR) is 114 cm³/mol. The van der Waals surface area contributed by atoms with E-state index in [9.17, 15) is 9.59 Å². The zero-order chi connectivity index (χ0) is 21.1. The molecule has 4 rings (SSSR count). The fourth-order valence-electron chi connectivity index (χ4n) is 4.12. The summed E-state index contributed by atoms with van der Waals surface area (Å²) in [5.41, 5.74) is 9.84. The molecule has 154 valence electrons. The van der Waals surface area contributed by atoms with E-state index in [-0.39, 0.29) is 17.9 Å². The Morgan fingerprint density at radius 1 is 1.03 bits per heavy atom. The third-order valence-electron chi connectivity index (χ3n) is 5.73. The molecule has 0 bridgehead atoms. The van der Waals surface area contributed by atoms with Gasteiger partial charge in [0.2, 0.25) is 11.8 Å². The second-order valence-corrected chi connectivity index (χ2v) is 7.64. The fraction of sp³-hybridized carbons (Fsp3) is 0.304. The van der Waals surface area contributed by atoms with E-state index in [2.05, 4.69) is 15.6 Å². The van der Waals surface area contributed by atoms with Gasteiger partial charge in [-0.05, 0) is 49.4 Å². The summed E-state index contributed by atoms with van der Waals surface area (Å²) < 4.78 is 1.95. The molecule has 1 aliphatic carbocycles. The van der Waals surface area contributed by atoms with Gasteiger partial charge in [-0.2, -0.15) is 0 Å². The Bertz CT molecular complexity index is 1040. The number of rotatable bonds is 6. The minimum atomic E-state index is -0.431. The molecular formula is C23H25N5O2. The lowest BCUT2D eigenvalue weighted by molar-refractivity contribution is -0.124. The van der Waals surface area contributed by atoms with Crippen LogP contribution in [0.3, 0.4) is 0 Å². The van der Waals surface area contributed by atoms with Crippen molar-refractivity contribution < 1.29 is 9.59 Å². The summed E-state index contributed by atoms with van der Waals surface area (Å²) in [6, 6.07) is 15.6. The van der Waals surface area contributed by atoms with Crippen molar-refractivity contribution in [3.63, 3.8) is 0 Å². The highest BCUT2D eigenvalue weighted by atomic mass is 16.2. The van der Waals surface area contributed by atoms with Crippen molar-refractivity contribution >= 4 is 11.8 Å². The molecule has 1 saturated carbocycles. The van der Waals surface area contributed by atoms with Gasteiger partial charge in [-0.25, -0.2) is 4.68 Å². The number of hydrogen-bond acceptors (Lipinski definition) is 4. The number of hydrogen-bond donors (Lipinski definition) is 2. The first-order valence-corrected chi connectivity index (χ1v) is 10.3. The molecule has 1 aliphatic rings. The zero-order valence-electron chi connectivity index (χ0n) is 16.9. The van der Waals surface area contributed by atoms with Crippen LogP contribution in [0.4, 0.5) is 0 Å². The van der Waals surface area contributed by atoms with E-state index in [1.165, 1.54) is 0 Å². The molecule has 3 N–H and O–H groups in total. The minimum absolute atomic E-state index is 0.0396.